The highest BCUT2D eigenvalue weighted by atomic mass is 32.2. The summed E-state index contributed by atoms with van der Waals surface area (Å²) in [5, 5.41) is 2.79. The fourth-order valence-corrected chi connectivity index (χ4v) is 5.27. The normalized spacial score (nSPS) is 13.3. The zero-order valence-electron chi connectivity index (χ0n) is 22.4. The van der Waals surface area contributed by atoms with Crippen molar-refractivity contribution in [2.45, 2.75) is 25.9 Å². The van der Waals surface area contributed by atoms with Gasteiger partial charge in [-0.3, -0.25) is 13.9 Å². The highest BCUT2D eigenvalue weighted by Gasteiger charge is 2.33. The molecule has 0 fully saturated rings. The summed E-state index contributed by atoms with van der Waals surface area (Å²) < 4.78 is 51.6. The fourth-order valence-electron chi connectivity index (χ4n) is 4.43. The Labute approximate surface area is 233 Å². The van der Waals surface area contributed by atoms with E-state index in [9.17, 15) is 22.4 Å². The number of anilines is 1. The van der Waals surface area contributed by atoms with Crippen LogP contribution in [0.1, 0.15) is 18.1 Å². The van der Waals surface area contributed by atoms with Crippen LogP contribution in [0.15, 0.2) is 72.8 Å². The molecule has 1 N–H and O–H groups in total. The molecule has 40 heavy (non-hydrogen) atoms. The number of halogens is 1. The zero-order chi connectivity index (χ0) is 28.7. The molecule has 0 aliphatic carbocycles. The maximum absolute atomic E-state index is 14.0. The van der Waals surface area contributed by atoms with Crippen molar-refractivity contribution in [1.82, 2.24) is 10.2 Å². The van der Waals surface area contributed by atoms with E-state index in [0.29, 0.717) is 36.8 Å². The minimum atomic E-state index is -3.93. The monoisotopic (exact) mass is 569 g/mol. The van der Waals surface area contributed by atoms with Gasteiger partial charge in [0.25, 0.3) is 0 Å². The number of carbonyl (C=O) groups is 2. The summed E-state index contributed by atoms with van der Waals surface area (Å²) in [7, 11) is -3.93. The molecule has 3 aromatic rings. The van der Waals surface area contributed by atoms with Gasteiger partial charge in [0.2, 0.25) is 21.8 Å². The van der Waals surface area contributed by atoms with Crippen LogP contribution in [0.3, 0.4) is 0 Å². The summed E-state index contributed by atoms with van der Waals surface area (Å²) in [6, 6.07) is 18.5. The number of rotatable bonds is 11. The molecule has 0 saturated carbocycles. The van der Waals surface area contributed by atoms with Gasteiger partial charge in [-0.2, -0.15) is 0 Å². The third kappa shape index (κ3) is 7.29. The van der Waals surface area contributed by atoms with Crippen molar-refractivity contribution < 1.29 is 31.9 Å². The van der Waals surface area contributed by atoms with Crippen LogP contribution in [-0.4, -0.2) is 63.7 Å². The Morgan fingerprint density at radius 3 is 2.27 bits per heavy atom. The van der Waals surface area contributed by atoms with Crippen molar-refractivity contribution in [3.05, 3.63) is 89.7 Å². The highest BCUT2D eigenvalue weighted by Crippen LogP contribution is 2.34. The molecule has 3 aromatic carbocycles. The molecule has 0 unspecified atom stereocenters. The largest absolute Gasteiger partial charge is 0.486 e. The van der Waals surface area contributed by atoms with E-state index in [1.165, 1.54) is 41.3 Å². The second-order valence-electron chi connectivity index (χ2n) is 9.35. The first-order valence-electron chi connectivity index (χ1n) is 12.9. The number of hydrogen-bond acceptors (Lipinski definition) is 6. The summed E-state index contributed by atoms with van der Waals surface area (Å²) in [6.07, 6.45) is 1.20. The van der Waals surface area contributed by atoms with Gasteiger partial charge in [-0.05, 0) is 42.3 Å². The van der Waals surface area contributed by atoms with E-state index in [1.54, 1.807) is 13.0 Å². The molecule has 9 nitrogen and oxygen atoms in total. The smallest absolute Gasteiger partial charge is 0.244 e. The Bertz CT molecular complexity index is 1430. The molecule has 212 valence electrons. The van der Waals surface area contributed by atoms with Gasteiger partial charge in [-0.1, -0.05) is 42.5 Å². The minimum absolute atomic E-state index is 0.0352. The molecule has 0 bridgehead atoms. The lowest BCUT2D eigenvalue weighted by atomic mass is 10.0. The van der Waals surface area contributed by atoms with Gasteiger partial charge in [0.15, 0.2) is 11.5 Å². The van der Waals surface area contributed by atoms with Crippen molar-refractivity contribution in [2.24, 2.45) is 0 Å². The van der Waals surface area contributed by atoms with Crippen LogP contribution >= 0.6 is 0 Å². The SMILES string of the molecule is CCNC(=O)[C@@H](Cc1ccccc1)N(Cc1ccc(F)cc1)C(=O)CN(c1ccc2c(c1)OCCO2)S(C)(=O)=O. The standard InChI is InChI=1S/C29H32FN3O6S/c1-3-31-29(35)25(17-21-7-5-4-6-8-21)32(19-22-9-11-23(30)12-10-22)28(34)20-33(40(2,36)37)24-13-14-26-27(18-24)39-16-15-38-26/h4-14,18,25H,3,15-17,19-20H2,1-2H3,(H,31,35)/t25-/m1/s1. The van der Waals surface area contributed by atoms with Crippen LogP contribution < -0.4 is 19.1 Å². The van der Waals surface area contributed by atoms with E-state index < -0.39 is 34.3 Å². The molecule has 0 saturated heterocycles. The lowest BCUT2D eigenvalue weighted by Crippen LogP contribution is -2.53. The maximum Gasteiger partial charge on any atom is 0.244 e. The number of carbonyl (C=O) groups excluding carboxylic acids is 2. The molecule has 0 radical (unpaired) electrons. The predicted molar refractivity (Wildman–Crippen MR) is 149 cm³/mol. The second kappa shape index (κ2) is 12.8. The third-order valence-electron chi connectivity index (χ3n) is 6.38. The molecule has 1 aliphatic heterocycles. The van der Waals surface area contributed by atoms with E-state index in [-0.39, 0.29) is 24.6 Å². The topological polar surface area (TPSA) is 105 Å². The Kier molecular flexibility index (Phi) is 9.26. The van der Waals surface area contributed by atoms with E-state index >= 15 is 0 Å². The summed E-state index contributed by atoms with van der Waals surface area (Å²) in [5.74, 6) is -0.568. The van der Waals surface area contributed by atoms with E-state index in [0.717, 1.165) is 16.1 Å². The second-order valence-corrected chi connectivity index (χ2v) is 11.3. The number of benzene rings is 3. The van der Waals surface area contributed by atoms with E-state index in [4.69, 9.17) is 9.47 Å². The first-order chi connectivity index (χ1) is 19.2. The van der Waals surface area contributed by atoms with Crippen LogP contribution in [0.2, 0.25) is 0 Å². The van der Waals surface area contributed by atoms with Crippen molar-refractivity contribution in [3.8, 4) is 11.5 Å². The van der Waals surface area contributed by atoms with Gasteiger partial charge in [-0.25, -0.2) is 12.8 Å². The molecular weight excluding hydrogens is 537 g/mol. The minimum Gasteiger partial charge on any atom is -0.486 e. The van der Waals surface area contributed by atoms with Gasteiger partial charge in [-0.15, -0.1) is 0 Å². The molecule has 0 spiro atoms. The molecule has 2 amide bonds. The lowest BCUT2D eigenvalue weighted by Gasteiger charge is -2.33. The Balaban J connectivity index is 1.71. The summed E-state index contributed by atoms with van der Waals surface area (Å²) in [6.45, 7) is 2.21. The first kappa shape index (κ1) is 28.9. The maximum atomic E-state index is 14.0. The average molecular weight is 570 g/mol. The van der Waals surface area contributed by atoms with Gasteiger partial charge >= 0.3 is 0 Å². The van der Waals surface area contributed by atoms with Crippen molar-refractivity contribution in [2.75, 3.05) is 36.9 Å². The number of ether oxygens (including phenoxy) is 2. The Hall–Kier alpha value is -4.12. The number of likely N-dealkylation sites (N-methyl/N-ethyl adjacent to an activating group) is 1. The molecular formula is C29H32FN3O6S. The van der Waals surface area contributed by atoms with Gasteiger partial charge in [0.1, 0.15) is 31.6 Å². The lowest BCUT2D eigenvalue weighted by molar-refractivity contribution is -0.140. The molecule has 1 heterocycles. The van der Waals surface area contributed by atoms with Crippen molar-refractivity contribution in [1.29, 1.82) is 0 Å². The number of nitrogens with zero attached hydrogens (tertiary/aromatic N) is 2. The van der Waals surface area contributed by atoms with Crippen LogP contribution in [0.25, 0.3) is 0 Å². The van der Waals surface area contributed by atoms with Crippen LogP contribution in [-0.2, 0) is 32.6 Å². The number of fused-ring (bicyclic) bond motifs is 1. The van der Waals surface area contributed by atoms with Crippen LogP contribution in [0, 0.1) is 5.82 Å². The van der Waals surface area contributed by atoms with Crippen LogP contribution in [0.5, 0.6) is 11.5 Å². The summed E-state index contributed by atoms with van der Waals surface area (Å²) >= 11 is 0. The van der Waals surface area contributed by atoms with Crippen LogP contribution in [0.4, 0.5) is 10.1 Å². The summed E-state index contributed by atoms with van der Waals surface area (Å²) in [5.41, 5.74) is 1.63. The zero-order valence-corrected chi connectivity index (χ0v) is 23.2. The Morgan fingerprint density at radius 2 is 1.62 bits per heavy atom. The van der Waals surface area contributed by atoms with Gasteiger partial charge in [0, 0.05) is 25.6 Å². The summed E-state index contributed by atoms with van der Waals surface area (Å²) in [4.78, 5) is 28.7. The quantitative estimate of drug-likeness (QED) is 0.381. The molecule has 11 heteroatoms. The Morgan fingerprint density at radius 1 is 0.950 bits per heavy atom. The van der Waals surface area contributed by atoms with Crippen molar-refractivity contribution >= 4 is 27.5 Å². The first-order valence-corrected chi connectivity index (χ1v) is 14.7. The fraction of sp³-hybridized carbons (Fsp3) is 0.310. The molecule has 1 atom stereocenters. The highest BCUT2D eigenvalue weighted by molar-refractivity contribution is 7.92. The number of sulfonamides is 1. The van der Waals surface area contributed by atoms with E-state index in [1.807, 2.05) is 30.3 Å². The average Bonchev–Trinajstić information content (AvgIpc) is 2.94. The molecule has 1 aliphatic rings. The number of hydrogen-bond donors (Lipinski definition) is 1. The number of nitrogens with one attached hydrogen (secondary N) is 1. The van der Waals surface area contributed by atoms with Gasteiger partial charge < -0.3 is 19.7 Å². The number of amides is 2. The van der Waals surface area contributed by atoms with Gasteiger partial charge in [0.05, 0.1) is 11.9 Å². The molecule has 4 rings (SSSR count). The third-order valence-corrected chi connectivity index (χ3v) is 7.52. The van der Waals surface area contributed by atoms with E-state index in [2.05, 4.69) is 5.32 Å². The van der Waals surface area contributed by atoms with Crippen molar-refractivity contribution in [3.63, 3.8) is 0 Å². The molecule has 0 aromatic heterocycles. The predicted octanol–water partition coefficient (Wildman–Crippen LogP) is 3.14.